The third-order valence-corrected chi connectivity index (χ3v) is 6.98. The van der Waals surface area contributed by atoms with Crippen molar-refractivity contribution in [3.63, 3.8) is 0 Å². The first-order chi connectivity index (χ1) is 15.3. The summed E-state index contributed by atoms with van der Waals surface area (Å²) >= 11 is 12.5. The van der Waals surface area contributed by atoms with E-state index < -0.39 is 23.2 Å². The molecule has 7 heteroatoms. The van der Waals surface area contributed by atoms with Crippen LogP contribution in [-0.4, -0.2) is 12.8 Å². The minimum Gasteiger partial charge on any atom is -0.309 e. The Morgan fingerprint density at radius 3 is 2.50 bits per heavy atom. The summed E-state index contributed by atoms with van der Waals surface area (Å²) in [5, 5.41) is 4.52. The molecule has 0 aliphatic carbocycles. The number of fused-ring (bicyclic) bond motifs is 2. The molecule has 0 bridgehead atoms. The van der Waals surface area contributed by atoms with Crippen LogP contribution in [-0.2, 0) is 11.6 Å². The number of halogens is 5. The number of rotatable bonds is 2. The van der Waals surface area contributed by atoms with Gasteiger partial charge in [0.05, 0.1) is 16.7 Å². The Hall–Kier alpha value is -2.34. The Balaban J connectivity index is 1.77. The maximum atomic E-state index is 14.0. The number of nitrogens with zero attached hydrogens (tertiary/aromatic N) is 1. The van der Waals surface area contributed by atoms with Crippen LogP contribution < -0.4 is 5.32 Å². The fourth-order valence-corrected chi connectivity index (χ4v) is 5.62. The van der Waals surface area contributed by atoms with Gasteiger partial charge in [-0.25, -0.2) is 0 Å². The zero-order chi connectivity index (χ0) is 22.5. The van der Waals surface area contributed by atoms with Crippen molar-refractivity contribution in [2.24, 2.45) is 4.99 Å². The molecule has 32 heavy (non-hydrogen) atoms. The van der Waals surface area contributed by atoms with Gasteiger partial charge in [0.2, 0.25) is 0 Å². The molecule has 2 nitrogen and oxygen atoms in total. The number of benzene rings is 3. The van der Waals surface area contributed by atoms with E-state index in [1.54, 1.807) is 30.3 Å². The summed E-state index contributed by atoms with van der Waals surface area (Å²) in [6.45, 7) is 0.562. The van der Waals surface area contributed by atoms with Gasteiger partial charge < -0.3 is 5.32 Å². The molecule has 5 rings (SSSR count). The van der Waals surface area contributed by atoms with Gasteiger partial charge in [-0.2, -0.15) is 13.2 Å². The molecule has 3 atom stereocenters. The molecule has 0 saturated carbocycles. The Morgan fingerprint density at radius 2 is 1.72 bits per heavy atom. The van der Waals surface area contributed by atoms with Crippen molar-refractivity contribution >= 4 is 35.1 Å². The number of piperidine rings is 1. The monoisotopic (exact) mass is 474 g/mol. The maximum absolute atomic E-state index is 14.0. The van der Waals surface area contributed by atoms with Crippen LogP contribution >= 0.6 is 23.2 Å². The second-order valence-corrected chi connectivity index (χ2v) is 9.09. The molecule has 0 radical (unpaired) electrons. The molecule has 3 aromatic carbocycles. The first-order valence-electron chi connectivity index (χ1n) is 10.3. The molecule has 1 N–H and O–H groups in total. The van der Waals surface area contributed by atoms with E-state index in [4.69, 9.17) is 23.2 Å². The fourth-order valence-electron chi connectivity index (χ4n) is 5.25. The second-order valence-electron chi connectivity index (χ2n) is 8.22. The van der Waals surface area contributed by atoms with Crippen LogP contribution in [0.2, 0.25) is 10.0 Å². The van der Waals surface area contributed by atoms with Gasteiger partial charge in [0, 0.05) is 28.2 Å². The van der Waals surface area contributed by atoms with Gasteiger partial charge in [0.1, 0.15) is 0 Å². The van der Waals surface area contributed by atoms with E-state index in [0.29, 0.717) is 22.3 Å². The van der Waals surface area contributed by atoms with Gasteiger partial charge in [-0.3, -0.25) is 4.99 Å². The molecule has 1 saturated heterocycles. The van der Waals surface area contributed by atoms with Crippen molar-refractivity contribution in [1.29, 1.82) is 0 Å². The molecular formula is C25H19Cl2F3N2. The van der Waals surface area contributed by atoms with Crippen LogP contribution in [0, 0.1) is 0 Å². The van der Waals surface area contributed by atoms with E-state index in [1.165, 1.54) is 6.07 Å². The van der Waals surface area contributed by atoms with Gasteiger partial charge in [-0.15, -0.1) is 0 Å². The third kappa shape index (κ3) is 3.43. The quantitative estimate of drug-likeness (QED) is 0.408. The summed E-state index contributed by atoms with van der Waals surface area (Å²) < 4.78 is 42.0. The standard InChI is InChI=1S/C25H19Cl2F3N2/c26-16-5-3-4-15(12-16)19-10-11-31-23(18-6-1-2-7-20(18)25(28,29)30)24(19)14-32-22-13-17(27)8-9-21(22)24/h1-9,12-14,19,23,31H,10-11H2/t19-,23+,24-/m0/s1. The first kappa shape index (κ1) is 21.5. The van der Waals surface area contributed by atoms with E-state index in [9.17, 15) is 13.2 Å². The van der Waals surface area contributed by atoms with Crippen LogP contribution in [0.25, 0.3) is 0 Å². The van der Waals surface area contributed by atoms with Crippen LogP contribution in [0.3, 0.4) is 0 Å². The fraction of sp³-hybridized carbons (Fsp3) is 0.240. The van der Waals surface area contributed by atoms with E-state index in [1.807, 2.05) is 30.5 Å². The number of hydrogen-bond donors (Lipinski definition) is 1. The molecule has 1 spiro atoms. The van der Waals surface area contributed by atoms with Gasteiger partial charge >= 0.3 is 6.18 Å². The highest BCUT2D eigenvalue weighted by Crippen LogP contribution is 2.57. The van der Waals surface area contributed by atoms with Gasteiger partial charge in [-0.05, 0) is 60.0 Å². The molecule has 0 aromatic heterocycles. The van der Waals surface area contributed by atoms with Crippen LogP contribution in [0.4, 0.5) is 18.9 Å². The zero-order valence-corrected chi connectivity index (χ0v) is 18.3. The van der Waals surface area contributed by atoms with Crippen molar-refractivity contribution in [1.82, 2.24) is 5.32 Å². The Morgan fingerprint density at radius 1 is 0.938 bits per heavy atom. The molecule has 0 unspecified atom stereocenters. The Kier molecular flexibility index (Phi) is 5.31. The van der Waals surface area contributed by atoms with Gasteiger partial charge in [0.25, 0.3) is 0 Å². The smallest absolute Gasteiger partial charge is 0.309 e. The van der Waals surface area contributed by atoms with E-state index in [0.717, 1.165) is 23.6 Å². The second kappa shape index (κ2) is 7.91. The average Bonchev–Trinajstić information content (AvgIpc) is 3.12. The SMILES string of the molecule is FC(F)(F)c1ccccc1[C@H]1NCC[C@@H](c2cccc(Cl)c2)[C@]12C=Nc1cc(Cl)ccc12. The molecule has 1 fully saturated rings. The lowest BCUT2D eigenvalue weighted by atomic mass is 9.60. The Labute approximate surface area is 194 Å². The number of hydrogen-bond acceptors (Lipinski definition) is 2. The average molecular weight is 475 g/mol. The topological polar surface area (TPSA) is 24.4 Å². The van der Waals surface area contributed by atoms with Gasteiger partial charge in [0.15, 0.2) is 0 Å². The van der Waals surface area contributed by atoms with Crippen molar-refractivity contribution in [3.05, 3.63) is 99.0 Å². The predicted molar refractivity (Wildman–Crippen MR) is 122 cm³/mol. The summed E-state index contributed by atoms with van der Waals surface area (Å²) in [5.74, 6) is -0.125. The molecule has 2 heterocycles. The minimum absolute atomic E-state index is 0.125. The number of aliphatic imine (C=N–C) groups is 1. The lowest BCUT2D eigenvalue weighted by Crippen LogP contribution is -2.51. The molecule has 2 aliphatic rings. The summed E-state index contributed by atoms with van der Waals surface area (Å²) in [6, 6.07) is 18.1. The van der Waals surface area contributed by atoms with E-state index in [-0.39, 0.29) is 11.5 Å². The molecule has 0 amide bonds. The van der Waals surface area contributed by atoms with Crippen molar-refractivity contribution < 1.29 is 13.2 Å². The van der Waals surface area contributed by atoms with Gasteiger partial charge in [-0.1, -0.05) is 59.6 Å². The largest absolute Gasteiger partial charge is 0.416 e. The minimum atomic E-state index is -4.47. The van der Waals surface area contributed by atoms with E-state index in [2.05, 4.69) is 10.3 Å². The molecule has 3 aromatic rings. The molecule has 2 aliphatic heterocycles. The van der Waals surface area contributed by atoms with Crippen LogP contribution in [0.5, 0.6) is 0 Å². The first-order valence-corrected chi connectivity index (χ1v) is 11.1. The Bertz CT molecular complexity index is 1210. The maximum Gasteiger partial charge on any atom is 0.416 e. The normalized spacial score (nSPS) is 24.7. The highest BCUT2D eigenvalue weighted by atomic mass is 35.5. The summed E-state index contributed by atoms with van der Waals surface area (Å²) in [7, 11) is 0. The lowest BCUT2D eigenvalue weighted by Gasteiger charge is -2.48. The number of nitrogens with one attached hydrogen (secondary N) is 1. The predicted octanol–water partition coefficient (Wildman–Crippen LogP) is 7.48. The molecular weight excluding hydrogens is 456 g/mol. The van der Waals surface area contributed by atoms with Crippen LogP contribution in [0.15, 0.2) is 71.7 Å². The molecule has 164 valence electrons. The summed E-state index contributed by atoms with van der Waals surface area (Å²) in [5.41, 5.74) is 1.26. The van der Waals surface area contributed by atoms with Crippen LogP contribution in [0.1, 0.15) is 40.6 Å². The van der Waals surface area contributed by atoms with E-state index >= 15 is 0 Å². The van der Waals surface area contributed by atoms with Crippen molar-refractivity contribution in [3.8, 4) is 0 Å². The number of alkyl halides is 3. The zero-order valence-electron chi connectivity index (χ0n) is 16.8. The lowest BCUT2D eigenvalue weighted by molar-refractivity contribution is -0.138. The summed E-state index contributed by atoms with van der Waals surface area (Å²) in [4.78, 5) is 4.64. The highest BCUT2D eigenvalue weighted by molar-refractivity contribution is 6.31. The van der Waals surface area contributed by atoms with Crippen molar-refractivity contribution in [2.45, 2.75) is 30.0 Å². The third-order valence-electron chi connectivity index (χ3n) is 6.51. The van der Waals surface area contributed by atoms with Crippen molar-refractivity contribution in [2.75, 3.05) is 6.54 Å². The highest BCUT2D eigenvalue weighted by Gasteiger charge is 2.53. The summed E-state index contributed by atoms with van der Waals surface area (Å²) in [6.07, 6.45) is -1.94.